The van der Waals surface area contributed by atoms with E-state index >= 15 is 0 Å². The molecule has 98 valence electrons. The van der Waals surface area contributed by atoms with Crippen LogP contribution in [-0.2, 0) is 11.5 Å². The Labute approximate surface area is 124 Å². The topological polar surface area (TPSA) is 43.1 Å². The molecule has 0 radical (unpaired) electrons. The van der Waals surface area contributed by atoms with E-state index in [-0.39, 0.29) is 10.6 Å². The molecule has 0 heterocycles. The summed E-state index contributed by atoms with van der Waals surface area (Å²) >= 11 is 4.94. The fourth-order valence-electron chi connectivity index (χ4n) is 1.65. The van der Waals surface area contributed by atoms with Crippen LogP contribution in [0.1, 0.15) is 11.1 Å². The van der Waals surface area contributed by atoms with Crippen molar-refractivity contribution in [3.8, 4) is 0 Å². The van der Waals surface area contributed by atoms with Gasteiger partial charge in [0.2, 0.25) is 0 Å². The number of rotatable bonds is 5. The lowest BCUT2D eigenvalue weighted by molar-refractivity contribution is -0.385. The maximum atomic E-state index is 10.8. The number of nitro groups is 1. The maximum absolute atomic E-state index is 10.8. The summed E-state index contributed by atoms with van der Waals surface area (Å²) in [7, 11) is 0. The van der Waals surface area contributed by atoms with E-state index in [0.717, 1.165) is 17.1 Å². The van der Waals surface area contributed by atoms with E-state index < -0.39 is 0 Å². The van der Waals surface area contributed by atoms with Gasteiger partial charge in [-0.1, -0.05) is 36.4 Å². The number of halogens is 1. The molecule has 0 aliphatic heterocycles. The molecule has 0 unspecified atom stereocenters. The Hall–Kier alpha value is -1.33. The largest absolute Gasteiger partial charge is 0.283 e. The molecule has 5 heteroatoms. The summed E-state index contributed by atoms with van der Waals surface area (Å²) in [6, 6.07) is 15.5. The van der Waals surface area contributed by atoms with Crippen LogP contribution in [0.3, 0.4) is 0 Å². The summed E-state index contributed by atoms with van der Waals surface area (Å²) in [6.07, 6.45) is 0. The molecule has 2 rings (SSSR count). The van der Waals surface area contributed by atoms with Crippen molar-refractivity contribution < 1.29 is 4.92 Å². The second-order valence-corrected chi connectivity index (χ2v) is 5.86. The zero-order valence-corrected chi connectivity index (χ0v) is 12.5. The van der Waals surface area contributed by atoms with Crippen LogP contribution in [0.15, 0.2) is 53.0 Å². The second-order valence-electron chi connectivity index (χ2n) is 4.02. The first-order valence-electron chi connectivity index (χ1n) is 5.71. The minimum absolute atomic E-state index is 0.123. The minimum Gasteiger partial charge on any atom is -0.258 e. The summed E-state index contributed by atoms with van der Waals surface area (Å²) in [5, 5.41) is 10.8. The van der Waals surface area contributed by atoms with E-state index in [0.29, 0.717) is 4.47 Å². The van der Waals surface area contributed by atoms with Gasteiger partial charge in [-0.2, -0.15) is 11.8 Å². The summed E-state index contributed by atoms with van der Waals surface area (Å²) in [6.45, 7) is 0. The minimum atomic E-state index is -0.366. The van der Waals surface area contributed by atoms with Crippen molar-refractivity contribution in [2.75, 3.05) is 0 Å². The van der Waals surface area contributed by atoms with Crippen molar-refractivity contribution in [3.05, 3.63) is 74.2 Å². The highest BCUT2D eigenvalue weighted by atomic mass is 79.9. The van der Waals surface area contributed by atoms with Crippen LogP contribution < -0.4 is 0 Å². The van der Waals surface area contributed by atoms with Gasteiger partial charge in [0.15, 0.2) is 0 Å². The van der Waals surface area contributed by atoms with Crippen LogP contribution in [0.4, 0.5) is 5.69 Å². The SMILES string of the molecule is O=[N+]([O-])c1cc(CSCc2ccccc2)ccc1Br. The van der Waals surface area contributed by atoms with Crippen molar-refractivity contribution in [2.45, 2.75) is 11.5 Å². The summed E-state index contributed by atoms with van der Waals surface area (Å²) < 4.78 is 0.523. The number of nitrogens with zero attached hydrogens (tertiary/aromatic N) is 1. The smallest absolute Gasteiger partial charge is 0.258 e. The number of nitro benzene ring substituents is 1. The van der Waals surface area contributed by atoms with E-state index in [1.165, 1.54) is 5.56 Å². The second kappa shape index (κ2) is 6.73. The Bertz CT molecular complexity index is 575. The molecule has 19 heavy (non-hydrogen) atoms. The van der Waals surface area contributed by atoms with Crippen LogP contribution in [0.25, 0.3) is 0 Å². The Kier molecular flexibility index (Phi) is 4.99. The van der Waals surface area contributed by atoms with Crippen molar-refractivity contribution in [2.24, 2.45) is 0 Å². The zero-order valence-electron chi connectivity index (χ0n) is 10.1. The van der Waals surface area contributed by atoms with Crippen molar-refractivity contribution in [1.82, 2.24) is 0 Å². The summed E-state index contributed by atoms with van der Waals surface area (Å²) in [4.78, 5) is 10.5. The first-order chi connectivity index (χ1) is 9.16. The predicted molar refractivity (Wildman–Crippen MR) is 82.2 cm³/mol. The molecule has 3 nitrogen and oxygen atoms in total. The first-order valence-corrected chi connectivity index (χ1v) is 7.66. The molecular weight excluding hydrogens is 326 g/mol. The van der Waals surface area contributed by atoms with Gasteiger partial charge in [-0.15, -0.1) is 0 Å². The van der Waals surface area contributed by atoms with Crippen LogP contribution in [0.5, 0.6) is 0 Å². The molecule has 0 aliphatic carbocycles. The molecule has 0 amide bonds. The fourth-order valence-corrected chi connectivity index (χ4v) is 2.99. The van der Waals surface area contributed by atoms with E-state index in [4.69, 9.17) is 0 Å². The van der Waals surface area contributed by atoms with Gasteiger partial charge < -0.3 is 0 Å². The van der Waals surface area contributed by atoms with Gasteiger partial charge in [0.05, 0.1) is 9.40 Å². The Morgan fingerprint density at radius 1 is 1.05 bits per heavy atom. The van der Waals surface area contributed by atoms with Crippen LogP contribution >= 0.6 is 27.7 Å². The van der Waals surface area contributed by atoms with Gasteiger partial charge in [0.1, 0.15) is 0 Å². The summed E-state index contributed by atoms with van der Waals surface area (Å²) in [5.74, 6) is 1.67. The quantitative estimate of drug-likeness (QED) is 0.581. The van der Waals surface area contributed by atoms with Gasteiger partial charge in [0.25, 0.3) is 5.69 Å². The fraction of sp³-hybridized carbons (Fsp3) is 0.143. The van der Waals surface area contributed by atoms with Crippen LogP contribution in [0.2, 0.25) is 0 Å². The van der Waals surface area contributed by atoms with Gasteiger partial charge in [-0.3, -0.25) is 10.1 Å². The Balaban J connectivity index is 1.97. The van der Waals surface area contributed by atoms with Gasteiger partial charge in [-0.05, 0) is 33.1 Å². The highest BCUT2D eigenvalue weighted by Crippen LogP contribution is 2.27. The third kappa shape index (κ3) is 4.08. The molecule has 0 saturated heterocycles. The molecule has 0 fully saturated rings. The van der Waals surface area contributed by atoms with Crippen LogP contribution in [0, 0.1) is 10.1 Å². The number of hydrogen-bond donors (Lipinski definition) is 0. The average Bonchev–Trinajstić information content (AvgIpc) is 2.41. The van der Waals surface area contributed by atoms with Crippen molar-refractivity contribution in [3.63, 3.8) is 0 Å². The number of hydrogen-bond acceptors (Lipinski definition) is 3. The normalized spacial score (nSPS) is 10.4. The molecular formula is C14H12BrNO2S. The molecule has 0 aromatic heterocycles. The molecule has 0 N–H and O–H groups in total. The third-order valence-electron chi connectivity index (χ3n) is 2.59. The van der Waals surface area contributed by atoms with Crippen LogP contribution in [-0.4, -0.2) is 4.92 Å². The van der Waals surface area contributed by atoms with E-state index in [2.05, 4.69) is 28.1 Å². The van der Waals surface area contributed by atoms with Gasteiger partial charge >= 0.3 is 0 Å². The monoisotopic (exact) mass is 337 g/mol. The van der Waals surface area contributed by atoms with E-state index in [9.17, 15) is 10.1 Å². The van der Waals surface area contributed by atoms with Crippen molar-refractivity contribution >= 4 is 33.4 Å². The predicted octanol–water partition coefficient (Wildman–Crippen LogP) is 4.79. The lowest BCUT2D eigenvalue weighted by Gasteiger charge is -2.03. The summed E-state index contributed by atoms with van der Waals surface area (Å²) in [5.41, 5.74) is 2.35. The lowest BCUT2D eigenvalue weighted by atomic mass is 10.2. The standard InChI is InChI=1S/C14H12BrNO2S/c15-13-7-6-12(8-14(13)16(17)18)10-19-9-11-4-2-1-3-5-11/h1-8H,9-10H2. The van der Waals surface area contributed by atoms with Crippen molar-refractivity contribution in [1.29, 1.82) is 0 Å². The van der Waals surface area contributed by atoms with E-state index in [1.54, 1.807) is 23.9 Å². The Morgan fingerprint density at radius 2 is 1.74 bits per heavy atom. The molecule has 0 atom stereocenters. The van der Waals surface area contributed by atoms with Gasteiger partial charge in [-0.25, -0.2) is 0 Å². The third-order valence-corrected chi connectivity index (χ3v) is 4.33. The molecule has 2 aromatic carbocycles. The van der Waals surface area contributed by atoms with E-state index in [1.807, 2.05) is 24.3 Å². The highest BCUT2D eigenvalue weighted by Gasteiger charge is 2.12. The molecule has 0 saturated carbocycles. The molecule has 0 aliphatic rings. The molecule has 0 spiro atoms. The van der Waals surface area contributed by atoms with Gasteiger partial charge in [0, 0.05) is 17.6 Å². The number of benzene rings is 2. The zero-order chi connectivity index (χ0) is 13.7. The average molecular weight is 338 g/mol. The Morgan fingerprint density at radius 3 is 2.42 bits per heavy atom. The lowest BCUT2D eigenvalue weighted by Crippen LogP contribution is -1.91. The number of thioether (sulfide) groups is 1. The highest BCUT2D eigenvalue weighted by molar-refractivity contribution is 9.10. The maximum Gasteiger partial charge on any atom is 0.283 e. The molecule has 0 bridgehead atoms. The molecule has 2 aromatic rings. The first kappa shape index (κ1) is 14.1.